The smallest absolute Gasteiger partial charge is 0.294 e. The van der Waals surface area contributed by atoms with E-state index in [-0.39, 0.29) is 11.5 Å². The van der Waals surface area contributed by atoms with Crippen LogP contribution in [0.1, 0.15) is 5.56 Å². The van der Waals surface area contributed by atoms with E-state index < -0.39 is 15.0 Å². The largest absolute Gasteiger partial charge is 0.507 e. The van der Waals surface area contributed by atoms with Crippen LogP contribution in [0.3, 0.4) is 0 Å². The number of phenols is 2. The highest BCUT2D eigenvalue weighted by molar-refractivity contribution is 7.85. The summed E-state index contributed by atoms with van der Waals surface area (Å²) in [6.07, 6.45) is 1.44. The fraction of sp³-hybridized carbons (Fsp3) is 0. The molecule has 0 saturated carbocycles. The lowest BCUT2D eigenvalue weighted by atomic mass is 10.1. The average molecular weight is 343 g/mol. The lowest BCUT2D eigenvalue weighted by molar-refractivity contribution is 0.471. The van der Waals surface area contributed by atoms with Gasteiger partial charge in [0, 0.05) is 23.2 Å². The second-order valence-electron chi connectivity index (χ2n) is 5.11. The number of phenolic OH excluding ortho intramolecular Hbond substituents is 2. The Balaban J connectivity index is 2.15. The summed E-state index contributed by atoms with van der Waals surface area (Å²) in [5, 5.41) is 20.7. The Hall–Kier alpha value is -2.90. The molecule has 3 N–H and O–H groups in total. The molecule has 0 aliphatic carbocycles. The van der Waals surface area contributed by atoms with E-state index in [1.807, 2.05) is 0 Å². The third kappa shape index (κ3) is 3.08. The molecule has 0 saturated heterocycles. The molecule has 0 unspecified atom stereocenters. The van der Waals surface area contributed by atoms with Crippen molar-refractivity contribution >= 4 is 32.8 Å². The van der Waals surface area contributed by atoms with Crippen LogP contribution in [0.25, 0.3) is 10.8 Å². The summed E-state index contributed by atoms with van der Waals surface area (Å²) in [5.74, 6) is -0.246. The molecular formula is C17H13NO5S. The molecule has 0 fully saturated rings. The standard InChI is InChI=1S/C17H13NO5S/c19-15-7-2-1-4-12(15)10-18-14-6-3-5-11-8-13(24(21,22)23)9-16(20)17(11)14/h1-10,19-20H,(H,21,22,23)/b18-10+. The van der Waals surface area contributed by atoms with Crippen LogP contribution in [0, 0.1) is 0 Å². The molecule has 7 heteroatoms. The van der Waals surface area contributed by atoms with Gasteiger partial charge in [0.1, 0.15) is 11.5 Å². The van der Waals surface area contributed by atoms with Crippen molar-refractivity contribution in [3.8, 4) is 11.5 Å². The Morgan fingerprint density at radius 3 is 2.38 bits per heavy atom. The van der Waals surface area contributed by atoms with Crippen LogP contribution in [0.5, 0.6) is 11.5 Å². The van der Waals surface area contributed by atoms with E-state index >= 15 is 0 Å². The molecule has 6 nitrogen and oxygen atoms in total. The van der Waals surface area contributed by atoms with Crippen molar-refractivity contribution in [2.24, 2.45) is 4.99 Å². The van der Waals surface area contributed by atoms with Crippen LogP contribution >= 0.6 is 0 Å². The first-order chi connectivity index (χ1) is 11.4. The molecule has 3 aromatic carbocycles. The fourth-order valence-corrected chi connectivity index (χ4v) is 2.89. The predicted molar refractivity (Wildman–Crippen MR) is 90.8 cm³/mol. The number of aromatic hydroxyl groups is 2. The van der Waals surface area contributed by atoms with E-state index in [4.69, 9.17) is 4.55 Å². The predicted octanol–water partition coefficient (Wildman–Crippen LogP) is 3.25. The lowest BCUT2D eigenvalue weighted by Crippen LogP contribution is -1.97. The van der Waals surface area contributed by atoms with E-state index in [1.165, 1.54) is 18.3 Å². The molecular weight excluding hydrogens is 330 g/mol. The van der Waals surface area contributed by atoms with Crippen molar-refractivity contribution in [3.05, 3.63) is 60.2 Å². The highest BCUT2D eigenvalue weighted by Gasteiger charge is 2.14. The zero-order valence-electron chi connectivity index (χ0n) is 12.3. The van der Waals surface area contributed by atoms with Gasteiger partial charge in [0.15, 0.2) is 0 Å². The molecule has 3 rings (SSSR count). The fourth-order valence-electron chi connectivity index (χ4n) is 2.35. The summed E-state index contributed by atoms with van der Waals surface area (Å²) in [7, 11) is -4.42. The highest BCUT2D eigenvalue weighted by atomic mass is 32.2. The normalized spacial score (nSPS) is 12.0. The maximum absolute atomic E-state index is 11.2. The van der Waals surface area contributed by atoms with Gasteiger partial charge in [-0.25, -0.2) is 0 Å². The zero-order valence-corrected chi connectivity index (χ0v) is 13.1. The molecule has 0 aliphatic heterocycles. The molecule has 0 heterocycles. The number of fused-ring (bicyclic) bond motifs is 1. The third-order valence-corrected chi connectivity index (χ3v) is 4.32. The van der Waals surface area contributed by atoms with Gasteiger partial charge in [-0.2, -0.15) is 8.42 Å². The van der Waals surface area contributed by atoms with Gasteiger partial charge in [0.05, 0.1) is 10.6 Å². The van der Waals surface area contributed by atoms with Crippen LogP contribution in [-0.4, -0.2) is 29.4 Å². The molecule has 0 spiro atoms. The monoisotopic (exact) mass is 343 g/mol. The van der Waals surface area contributed by atoms with Crippen molar-refractivity contribution in [2.75, 3.05) is 0 Å². The SMILES string of the molecule is O=S(=O)(O)c1cc(O)c2c(/N=C/c3ccccc3O)cccc2c1. The van der Waals surface area contributed by atoms with Gasteiger partial charge < -0.3 is 10.2 Å². The van der Waals surface area contributed by atoms with E-state index in [0.717, 1.165) is 6.07 Å². The quantitative estimate of drug-likeness (QED) is 0.500. The molecule has 122 valence electrons. The van der Waals surface area contributed by atoms with E-state index in [0.29, 0.717) is 22.0 Å². The van der Waals surface area contributed by atoms with Crippen LogP contribution in [0.15, 0.2) is 64.5 Å². The Bertz CT molecular complexity index is 1060. The number of rotatable bonds is 3. The number of para-hydroxylation sites is 1. The van der Waals surface area contributed by atoms with E-state index in [2.05, 4.69) is 4.99 Å². The minimum Gasteiger partial charge on any atom is -0.507 e. The summed E-state index contributed by atoms with van der Waals surface area (Å²) >= 11 is 0. The van der Waals surface area contributed by atoms with Gasteiger partial charge in [-0.3, -0.25) is 9.55 Å². The number of hydrogen-bond acceptors (Lipinski definition) is 5. The van der Waals surface area contributed by atoms with Crippen LogP contribution in [-0.2, 0) is 10.1 Å². The Morgan fingerprint density at radius 2 is 1.67 bits per heavy atom. The maximum atomic E-state index is 11.2. The zero-order chi connectivity index (χ0) is 17.3. The number of nitrogens with zero attached hydrogens (tertiary/aromatic N) is 1. The van der Waals surface area contributed by atoms with E-state index in [9.17, 15) is 18.6 Å². The third-order valence-electron chi connectivity index (χ3n) is 3.48. The summed E-state index contributed by atoms with van der Waals surface area (Å²) < 4.78 is 31.6. The van der Waals surface area contributed by atoms with Crippen molar-refractivity contribution in [3.63, 3.8) is 0 Å². The second kappa shape index (κ2) is 5.95. The minimum absolute atomic E-state index is 0.0689. The Labute approximate surface area is 138 Å². The first-order valence-corrected chi connectivity index (χ1v) is 8.35. The van der Waals surface area contributed by atoms with Gasteiger partial charge in [-0.15, -0.1) is 0 Å². The molecule has 0 radical (unpaired) electrons. The summed E-state index contributed by atoms with van der Waals surface area (Å²) in [4.78, 5) is 3.87. The van der Waals surface area contributed by atoms with Crippen molar-refractivity contribution in [1.82, 2.24) is 0 Å². The second-order valence-corrected chi connectivity index (χ2v) is 6.53. The van der Waals surface area contributed by atoms with Gasteiger partial charge in [0.25, 0.3) is 10.1 Å². The number of hydrogen-bond donors (Lipinski definition) is 3. The minimum atomic E-state index is -4.42. The van der Waals surface area contributed by atoms with Crippen LogP contribution in [0.4, 0.5) is 5.69 Å². The van der Waals surface area contributed by atoms with Gasteiger partial charge in [0.2, 0.25) is 0 Å². The van der Waals surface area contributed by atoms with Crippen molar-refractivity contribution in [1.29, 1.82) is 0 Å². The lowest BCUT2D eigenvalue weighted by Gasteiger charge is -2.07. The summed E-state index contributed by atoms with van der Waals surface area (Å²) in [5.41, 5.74) is 0.902. The van der Waals surface area contributed by atoms with Crippen molar-refractivity contribution < 1.29 is 23.2 Å². The molecule has 24 heavy (non-hydrogen) atoms. The van der Waals surface area contributed by atoms with Crippen molar-refractivity contribution in [2.45, 2.75) is 4.90 Å². The van der Waals surface area contributed by atoms with Gasteiger partial charge in [-0.05, 0) is 29.7 Å². The topological polar surface area (TPSA) is 107 Å². The first-order valence-electron chi connectivity index (χ1n) is 6.91. The first kappa shape index (κ1) is 16.0. The molecule has 0 aromatic heterocycles. The number of aliphatic imine (C=N–C) groups is 1. The maximum Gasteiger partial charge on any atom is 0.294 e. The average Bonchev–Trinajstić information content (AvgIpc) is 2.53. The number of benzene rings is 3. The van der Waals surface area contributed by atoms with Crippen LogP contribution < -0.4 is 0 Å². The van der Waals surface area contributed by atoms with E-state index in [1.54, 1.807) is 36.4 Å². The van der Waals surface area contributed by atoms with Gasteiger partial charge >= 0.3 is 0 Å². The Morgan fingerprint density at radius 1 is 0.917 bits per heavy atom. The molecule has 3 aromatic rings. The molecule has 0 bridgehead atoms. The molecule has 0 aliphatic rings. The highest BCUT2D eigenvalue weighted by Crippen LogP contribution is 2.35. The Kier molecular flexibility index (Phi) is 3.96. The molecule has 0 amide bonds. The van der Waals surface area contributed by atoms with Crippen LogP contribution in [0.2, 0.25) is 0 Å². The molecule has 0 atom stereocenters. The van der Waals surface area contributed by atoms with Gasteiger partial charge in [-0.1, -0.05) is 24.3 Å². The summed E-state index contributed by atoms with van der Waals surface area (Å²) in [6.45, 7) is 0. The summed E-state index contributed by atoms with van der Waals surface area (Å²) in [6, 6.07) is 13.8.